The fraction of sp³-hybridized carbons (Fsp3) is 0.769. The quantitative estimate of drug-likeness (QED) is 0.725. The predicted molar refractivity (Wildman–Crippen MR) is 80.4 cm³/mol. The Morgan fingerprint density at radius 2 is 2.48 bits per heavy atom. The first-order valence-corrected chi connectivity index (χ1v) is 8.21. The highest BCUT2D eigenvalue weighted by molar-refractivity contribution is 8.00. The summed E-state index contributed by atoms with van der Waals surface area (Å²) in [4.78, 5) is 23.7. The number of carbonyl (C=O) groups excluding carboxylic acids is 1. The fourth-order valence-electron chi connectivity index (χ4n) is 2.19. The number of hydrogen-bond donors (Lipinski definition) is 2. The van der Waals surface area contributed by atoms with Crippen molar-refractivity contribution < 1.29 is 9.53 Å². The van der Waals surface area contributed by atoms with E-state index >= 15 is 0 Å². The molecule has 0 spiro atoms. The molecule has 0 aliphatic carbocycles. The van der Waals surface area contributed by atoms with Crippen molar-refractivity contribution in [2.24, 2.45) is 0 Å². The molecule has 1 fully saturated rings. The summed E-state index contributed by atoms with van der Waals surface area (Å²) in [6.45, 7) is 5.73. The first kappa shape index (κ1) is 16.1. The van der Waals surface area contributed by atoms with Crippen LogP contribution >= 0.6 is 11.8 Å². The Kier molecular flexibility index (Phi) is 5.86. The standard InChI is InChI=1S/C13H22N4O3S/c1-3-6-17-12(19)15-16-13(17)21-9(2)11(18)14-8-10-5-4-7-20-10/h9-10H,3-8H2,1-2H3,(H,14,18)(H,15,19)/t9-,10-/m1/s1. The summed E-state index contributed by atoms with van der Waals surface area (Å²) in [6, 6.07) is 0. The van der Waals surface area contributed by atoms with Gasteiger partial charge in [-0.1, -0.05) is 18.7 Å². The van der Waals surface area contributed by atoms with Crippen LogP contribution in [0.3, 0.4) is 0 Å². The van der Waals surface area contributed by atoms with Crippen molar-refractivity contribution in [3.63, 3.8) is 0 Å². The Morgan fingerprint density at radius 1 is 1.67 bits per heavy atom. The Balaban J connectivity index is 1.86. The van der Waals surface area contributed by atoms with Crippen LogP contribution in [-0.4, -0.2) is 45.2 Å². The van der Waals surface area contributed by atoms with E-state index < -0.39 is 0 Å². The number of hydrogen-bond acceptors (Lipinski definition) is 5. The third kappa shape index (κ3) is 4.34. The highest BCUT2D eigenvalue weighted by atomic mass is 32.2. The first-order chi connectivity index (χ1) is 10.1. The summed E-state index contributed by atoms with van der Waals surface area (Å²) in [5, 5.41) is 9.55. The number of aromatic nitrogens is 3. The average Bonchev–Trinajstić information content (AvgIpc) is 3.09. The molecule has 2 heterocycles. The monoisotopic (exact) mass is 314 g/mol. The van der Waals surface area contributed by atoms with Gasteiger partial charge in [-0.3, -0.25) is 9.36 Å². The van der Waals surface area contributed by atoms with Crippen LogP contribution in [-0.2, 0) is 16.1 Å². The minimum atomic E-state index is -0.308. The minimum absolute atomic E-state index is 0.0611. The second kappa shape index (κ2) is 7.65. The van der Waals surface area contributed by atoms with E-state index in [1.54, 1.807) is 4.57 Å². The van der Waals surface area contributed by atoms with E-state index in [0.717, 1.165) is 25.9 Å². The molecule has 0 unspecified atom stereocenters. The average molecular weight is 314 g/mol. The molecular weight excluding hydrogens is 292 g/mol. The summed E-state index contributed by atoms with van der Waals surface area (Å²) < 4.78 is 7.04. The molecule has 7 nitrogen and oxygen atoms in total. The number of ether oxygens (including phenoxy) is 1. The zero-order chi connectivity index (χ0) is 15.2. The summed E-state index contributed by atoms with van der Waals surface area (Å²) in [5.74, 6) is -0.0611. The SMILES string of the molecule is CCCn1c(S[C@H](C)C(=O)NC[C@H]2CCCO2)n[nH]c1=O. The van der Waals surface area contributed by atoms with Gasteiger partial charge in [-0.15, -0.1) is 5.10 Å². The van der Waals surface area contributed by atoms with E-state index in [1.807, 2.05) is 13.8 Å². The number of thioether (sulfide) groups is 1. The van der Waals surface area contributed by atoms with Gasteiger partial charge in [0.25, 0.3) is 0 Å². The van der Waals surface area contributed by atoms with Gasteiger partial charge in [0.05, 0.1) is 11.4 Å². The third-order valence-corrected chi connectivity index (χ3v) is 4.44. The van der Waals surface area contributed by atoms with E-state index in [9.17, 15) is 9.59 Å². The predicted octanol–water partition coefficient (Wildman–Crippen LogP) is 0.757. The molecule has 2 N–H and O–H groups in total. The highest BCUT2D eigenvalue weighted by Gasteiger charge is 2.21. The lowest BCUT2D eigenvalue weighted by molar-refractivity contribution is -0.120. The van der Waals surface area contributed by atoms with Gasteiger partial charge >= 0.3 is 5.69 Å². The lowest BCUT2D eigenvalue weighted by Gasteiger charge is -2.14. The van der Waals surface area contributed by atoms with Crippen LogP contribution in [0.4, 0.5) is 0 Å². The molecule has 1 aromatic heterocycles. The number of rotatable bonds is 7. The molecule has 0 saturated carbocycles. The van der Waals surface area contributed by atoms with Crippen LogP contribution in [0.1, 0.15) is 33.1 Å². The Morgan fingerprint density at radius 3 is 3.14 bits per heavy atom. The number of nitrogens with zero attached hydrogens (tertiary/aromatic N) is 2. The smallest absolute Gasteiger partial charge is 0.343 e. The maximum absolute atomic E-state index is 12.1. The molecule has 2 rings (SSSR count). The van der Waals surface area contributed by atoms with Crippen molar-refractivity contribution in [1.29, 1.82) is 0 Å². The highest BCUT2D eigenvalue weighted by Crippen LogP contribution is 2.20. The minimum Gasteiger partial charge on any atom is -0.376 e. The second-order valence-corrected chi connectivity index (χ2v) is 6.41. The normalized spacial score (nSPS) is 19.6. The van der Waals surface area contributed by atoms with Crippen LogP contribution in [0.2, 0.25) is 0 Å². The lowest BCUT2D eigenvalue weighted by Crippen LogP contribution is -2.36. The van der Waals surface area contributed by atoms with Crippen molar-refractivity contribution in [3.05, 3.63) is 10.5 Å². The summed E-state index contributed by atoms with van der Waals surface area (Å²) in [6.07, 6.45) is 3.03. The van der Waals surface area contributed by atoms with E-state index in [2.05, 4.69) is 15.5 Å². The van der Waals surface area contributed by atoms with E-state index in [1.165, 1.54) is 11.8 Å². The zero-order valence-corrected chi connectivity index (χ0v) is 13.2. The third-order valence-electron chi connectivity index (χ3n) is 3.35. The van der Waals surface area contributed by atoms with Crippen LogP contribution in [0.25, 0.3) is 0 Å². The van der Waals surface area contributed by atoms with E-state index in [0.29, 0.717) is 18.2 Å². The molecule has 1 saturated heterocycles. The van der Waals surface area contributed by atoms with Crippen LogP contribution in [0, 0.1) is 0 Å². The molecule has 118 valence electrons. The van der Waals surface area contributed by atoms with Crippen LogP contribution in [0.15, 0.2) is 9.95 Å². The number of aromatic amines is 1. The summed E-state index contributed by atoms with van der Waals surface area (Å²) >= 11 is 1.29. The molecule has 1 amide bonds. The number of amides is 1. The van der Waals surface area contributed by atoms with Crippen molar-refractivity contribution in [3.8, 4) is 0 Å². The molecule has 0 aromatic carbocycles. The van der Waals surface area contributed by atoms with Gasteiger partial charge < -0.3 is 10.1 Å². The van der Waals surface area contributed by atoms with E-state index in [-0.39, 0.29) is 23.0 Å². The van der Waals surface area contributed by atoms with Gasteiger partial charge in [0.2, 0.25) is 5.91 Å². The van der Waals surface area contributed by atoms with Gasteiger partial charge in [0.15, 0.2) is 5.16 Å². The molecule has 2 atom stereocenters. The molecule has 1 aliphatic rings. The lowest BCUT2D eigenvalue weighted by atomic mass is 10.2. The van der Waals surface area contributed by atoms with Crippen molar-refractivity contribution in [2.45, 2.75) is 56.2 Å². The number of nitrogens with one attached hydrogen (secondary N) is 2. The van der Waals surface area contributed by atoms with Gasteiger partial charge in [0.1, 0.15) is 0 Å². The van der Waals surface area contributed by atoms with Crippen LogP contribution < -0.4 is 11.0 Å². The summed E-state index contributed by atoms with van der Waals surface area (Å²) in [5.41, 5.74) is -0.230. The molecule has 0 radical (unpaired) electrons. The number of carbonyl (C=O) groups is 1. The zero-order valence-electron chi connectivity index (χ0n) is 12.4. The molecule has 1 aromatic rings. The molecular formula is C13H22N4O3S. The largest absolute Gasteiger partial charge is 0.376 e. The van der Waals surface area contributed by atoms with Crippen molar-refractivity contribution >= 4 is 17.7 Å². The Labute approximate surface area is 127 Å². The van der Waals surface area contributed by atoms with Gasteiger partial charge in [-0.05, 0) is 26.2 Å². The van der Waals surface area contributed by atoms with Gasteiger partial charge in [0, 0.05) is 19.7 Å². The Hall–Kier alpha value is -1.28. The molecule has 21 heavy (non-hydrogen) atoms. The van der Waals surface area contributed by atoms with Crippen molar-refractivity contribution in [1.82, 2.24) is 20.1 Å². The fourth-order valence-corrected chi connectivity index (χ4v) is 3.10. The Bertz CT molecular complexity index is 522. The second-order valence-electron chi connectivity index (χ2n) is 5.10. The topological polar surface area (TPSA) is 89.0 Å². The van der Waals surface area contributed by atoms with Gasteiger partial charge in [-0.25, -0.2) is 9.89 Å². The summed E-state index contributed by atoms with van der Waals surface area (Å²) in [7, 11) is 0. The van der Waals surface area contributed by atoms with Crippen molar-refractivity contribution in [2.75, 3.05) is 13.2 Å². The molecule has 0 bridgehead atoms. The molecule has 8 heteroatoms. The molecule has 1 aliphatic heterocycles. The maximum atomic E-state index is 12.1. The first-order valence-electron chi connectivity index (χ1n) is 7.33. The van der Waals surface area contributed by atoms with Gasteiger partial charge in [-0.2, -0.15) is 0 Å². The number of H-pyrrole nitrogens is 1. The van der Waals surface area contributed by atoms with Crippen LogP contribution in [0.5, 0.6) is 0 Å². The van der Waals surface area contributed by atoms with E-state index in [4.69, 9.17) is 4.74 Å². The maximum Gasteiger partial charge on any atom is 0.343 e.